The summed E-state index contributed by atoms with van der Waals surface area (Å²) in [6.45, 7) is 5.97. The van der Waals surface area contributed by atoms with E-state index in [1.54, 1.807) is 11.3 Å². The van der Waals surface area contributed by atoms with Gasteiger partial charge in [0.05, 0.1) is 28.0 Å². The fourth-order valence-corrected chi connectivity index (χ4v) is 3.14. The SMILES string of the molecule is C#CCn1ncc(Cl)c(NC(C)c2sc(C)nc2C)c1=O. The molecule has 2 heterocycles. The van der Waals surface area contributed by atoms with Crippen LogP contribution in [0.1, 0.15) is 28.5 Å². The van der Waals surface area contributed by atoms with Crippen molar-refractivity contribution in [3.63, 3.8) is 0 Å². The highest BCUT2D eigenvalue weighted by Gasteiger charge is 2.17. The highest BCUT2D eigenvalue weighted by Crippen LogP contribution is 2.28. The summed E-state index contributed by atoms with van der Waals surface area (Å²) >= 11 is 7.67. The van der Waals surface area contributed by atoms with Gasteiger partial charge < -0.3 is 5.32 Å². The third-order valence-corrected chi connectivity index (χ3v) is 4.47. The van der Waals surface area contributed by atoms with E-state index in [-0.39, 0.29) is 23.2 Å². The molecule has 1 unspecified atom stereocenters. The number of hydrogen-bond acceptors (Lipinski definition) is 5. The Balaban J connectivity index is 2.35. The van der Waals surface area contributed by atoms with E-state index in [1.807, 2.05) is 20.8 Å². The maximum absolute atomic E-state index is 12.3. The van der Waals surface area contributed by atoms with Gasteiger partial charge in [0, 0.05) is 4.88 Å². The number of nitrogens with one attached hydrogen (secondary N) is 1. The van der Waals surface area contributed by atoms with E-state index in [1.165, 1.54) is 10.9 Å². The number of halogens is 1. The van der Waals surface area contributed by atoms with E-state index in [4.69, 9.17) is 18.0 Å². The van der Waals surface area contributed by atoms with Gasteiger partial charge in [-0.25, -0.2) is 9.67 Å². The Morgan fingerprint density at radius 2 is 2.29 bits per heavy atom. The van der Waals surface area contributed by atoms with Gasteiger partial charge in [0.25, 0.3) is 5.56 Å². The van der Waals surface area contributed by atoms with Gasteiger partial charge in [0.15, 0.2) is 0 Å². The fourth-order valence-electron chi connectivity index (χ4n) is 2.03. The second-order valence-corrected chi connectivity index (χ2v) is 6.22. The van der Waals surface area contributed by atoms with Gasteiger partial charge in [-0.2, -0.15) is 5.10 Å². The van der Waals surface area contributed by atoms with Crippen molar-refractivity contribution in [2.75, 3.05) is 5.32 Å². The van der Waals surface area contributed by atoms with Crippen LogP contribution in [0, 0.1) is 26.2 Å². The molecule has 1 atom stereocenters. The van der Waals surface area contributed by atoms with Crippen LogP contribution in [0.3, 0.4) is 0 Å². The van der Waals surface area contributed by atoms with Gasteiger partial charge in [0.2, 0.25) is 0 Å². The van der Waals surface area contributed by atoms with Crippen LogP contribution in [0.4, 0.5) is 5.69 Å². The lowest BCUT2D eigenvalue weighted by Crippen LogP contribution is -2.26. The number of aromatic nitrogens is 3. The summed E-state index contributed by atoms with van der Waals surface area (Å²) in [5, 5.41) is 8.32. The summed E-state index contributed by atoms with van der Waals surface area (Å²) in [5.41, 5.74) is 0.928. The normalized spacial score (nSPS) is 12.0. The Bertz CT molecular complexity index is 759. The molecule has 0 aliphatic carbocycles. The highest BCUT2D eigenvalue weighted by atomic mass is 35.5. The van der Waals surface area contributed by atoms with Crippen LogP contribution in [0.15, 0.2) is 11.0 Å². The largest absolute Gasteiger partial charge is 0.372 e. The maximum atomic E-state index is 12.3. The van der Waals surface area contributed by atoms with Crippen molar-refractivity contribution in [2.45, 2.75) is 33.4 Å². The van der Waals surface area contributed by atoms with E-state index in [0.29, 0.717) is 5.69 Å². The first-order valence-electron chi connectivity index (χ1n) is 6.33. The molecule has 0 amide bonds. The first-order valence-corrected chi connectivity index (χ1v) is 7.53. The molecule has 2 rings (SSSR count). The number of aryl methyl sites for hydroxylation is 2. The van der Waals surface area contributed by atoms with Crippen LogP contribution in [0.25, 0.3) is 0 Å². The van der Waals surface area contributed by atoms with Crippen LogP contribution in [-0.2, 0) is 6.54 Å². The minimum atomic E-state index is -0.328. The molecule has 110 valence electrons. The Hall–Kier alpha value is -1.84. The molecule has 0 saturated carbocycles. The standard InChI is InChI=1S/C14H15ClN4OS/c1-5-6-19-14(20)12(11(15)7-16-19)18-9(3)13-8(2)17-10(4)21-13/h1,7,9,18H,6H2,2-4H3. The zero-order valence-corrected chi connectivity index (χ0v) is 13.5. The molecule has 0 aliphatic rings. The van der Waals surface area contributed by atoms with Crippen LogP contribution in [-0.4, -0.2) is 14.8 Å². The number of hydrogen-bond donors (Lipinski definition) is 1. The predicted octanol–water partition coefficient (Wildman–Crippen LogP) is 2.78. The molecule has 2 aromatic rings. The lowest BCUT2D eigenvalue weighted by atomic mass is 10.2. The van der Waals surface area contributed by atoms with Crippen LogP contribution in [0.2, 0.25) is 5.02 Å². The topological polar surface area (TPSA) is 59.8 Å². The second kappa shape index (κ2) is 6.29. The molecular formula is C14H15ClN4OS. The Morgan fingerprint density at radius 3 is 2.86 bits per heavy atom. The molecule has 0 fully saturated rings. The molecule has 7 heteroatoms. The van der Waals surface area contributed by atoms with Gasteiger partial charge in [-0.05, 0) is 20.8 Å². The average molecular weight is 323 g/mol. The number of rotatable bonds is 4. The zero-order chi connectivity index (χ0) is 15.6. The monoisotopic (exact) mass is 322 g/mol. The molecule has 1 N–H and O–H groups in total. The van der Waals surface area contributed by atoms with Gasteiger partial charge in [0.1, 0.15) is 12.2 Å². The molecule has 5 nitrogen and oxygen atoms in total. The third kappa shape index (κ3) is 3.26. The second-order valence-electron chi connectivity index (χ2n) is 4.58. The van der Waals surface area contributed by atoms with Gasteiger partial charge in [-0.15, -0.1) is 17.8 Å². The summed E-state index contributed by atoms with van der Waals surface area (Å²) in [7, 11) is 0. The van der Waals surface area contributed by atoms with Crippen molar-refractivity contribution in [1.29, 1.82) is 0 Å². The van der Waals surface area contributed by atoms with E-state index in [9.17, 15) is 4.79 Å². The summed E-state index contributed by atoms with van der Waals surface area (Å²) < 4.78 is 1.20. The predicted molar refractivity (Wildman–Crippen MR) is 86.0 cm³/mol. The summed E-state index contributed by atoms with van der Waals surface area (Å²) in [4.78, 5) is 17.7. The van der Waals surface area contributed by atoms with Crippen LogP contribution in [0.5, 0.6) is 0 Å². The Morgan fingerprint density at radius 1 is 1.57 bits per heavy atom. The Labute approximate surface area is 132 Å². The van der Waals surface area contributed by atoms with Crippen molar-refractivity contribution in [3.8, 4) is 12.3 Å². The van der Waals surface area contributed by atoms with Crippen molar-refractivity contribution >= 4 is 28.6 Å². The number of terminal acetylenes is 1. The van der Waals surface area contributed by atoms with Gasteiger partial charge >= 0.3 is 0 Å². The van der Waals surface area contributed by atoms with Gasteiger partial charge in [-0.1, -0.05) is 17.5 Å². The molecule has 0 bridgehead atoms. The highest BCUT2D eigenvalue weighted by molar-refractivity contribution is 7.11. The van der Waals surface area contributed by atoms with Crippen molar-refractivity contribution in [2.24, 2.45) is 0 Å². The summed E-state index contributed by atoms with van der Waals surface area (Å²) in [6.07, 6.45) is 6.64. The quantitative estimate of drug-likeness (QED) is 0.879. The minimum absolute atomic E-state index is 0.0805. The molecule has 2 aromatic heterocycles. The fraction of sp³-hybridized carbons (Fsp3) is 0.357. The van der Waals surface area contributed by atoms with Crippen molar-refractivity contribution in [3.05, 3.63) is 37.2 Å². The summed E-state index contributed by atoms with van der Waals surface area (Å²) in [5.74, 6) is 2.39. The Kier molecular flexibility index (Phi) is 4.66. The molecule has 0 aliphatic heterocycles. The van der Waals surface area contributed by atoms with Crippen LogP contribution < -0.4 is 10.9 Å². The van der Waals surface area contributed by atoms with Crippen LogP contribution >= 0.6 is 22.9 Å². The van der Waals surface area contributed by atoms with E-state index in [0.717, 1.165) is 15.6 Å². The zero-order valence-electron chi connectivity index (χ0n) is 12.0. The number of anilines is 1. The smallest absolute Gasteiger partial charge is 0.292 e. The molecular weight excluding hydrogens is 308 g/mol. The lowest BCUT2D eigenvalue weighted by molar-refractivity contribution is 0.662. The maximum Gasteiger partial charge on any atom is 0.292 e. The first-order chi connectivity index (χ1) is 9.93. The van der Waals surface area contributed by atoms with E-state index in [2.05, 4.69) is 21.3 Å². The van der Waals surface area contributed by atoms with Crippen molar-refractivity contribution < 1.29 is 0 Å². The number of nitrogens with zero attached hydrogens (tertiary/aromatic N) is 3. The van der Waals surface area contributed by atoms with Gasteiger partial charge in [-0.3, -0.25) is 4.79 Å². The molecule has 0 aromatic carbocycles. The average Bonchev–Trinajstić information content (AvgIpc) is 2.77. The first kappa shape index (κ1) is 15.5. The molecule has 21 heavy (non-hydrogen) atoms. The van der Waals surface area contributed by atoms with E-state index >= 15 is 0 Å². The third-order valence-electron chi connectivity index (χ3n) is 2.93. The lowest BCUT2D eigenvalue weighted by Gasteiger charge is -2.15. The molecule has 0 spiro atoms. The van der Waals surface area contributed by atoms with Crippen molar-refractivity contribution in [1.82, 2.24) is 14.8 Å². The van der Waals surface area contributed by atoms with E-state index < -0.39 is 0 Å². The number of thiazole rings is 1. The molecule has 0 radical (unpaired) electrons. The molecule has 0 saturated heterocycles. The minimum Gasteiger partial charge on any atom is -0.372 e. The summed E-state index contributed by atoms with van der Waals surface area (Å²) in [6, 6.07) is -0.0805.